The summed E-state index contributed by atoms with van der Waals surface area (Å²) >= 11 is 0. The lowest BCUT2D eigenvalue weighted by Crippen LogP contribution is -2.16. The van der Waals surface area contributed by atoms with Gasteiger partial charge in [0.25, 0.3) is 0 Å². The Labute approximate surface area is 71.1 Å². The maximum atomic E-state index is 11.3. The lowest BCUT2D eigenvalue weighted by Gasteiger charge is -2.08. The topological polar surface area (TPSA) is 18.5 Å². The minimum absolute atomic E-state index is 1.26. The molecule has 0 spiro atoms. The molecule has 0 aromatic heterocycles. The van der Waals surface area contributed by atoms with Crippen molar-refractivity contribution >= 4 is 9.03 Å². The first-order chi connectivity index (χ1) is 5.71. The summed E-state index contributed by atoms with van der Waals surface area (Å²) in [5, 5.41) is 0. The van der Waals surface area contributed by atoms with Crippen LogP contribution in [0.2, 0.25) is 0 Å². The quantitative estimate of drug-likeness (QED) is 0.420. The molecular formula is C4H5F6O2P. The number of rotatable bonds is 4. The van der Waals surface area contributed by atoms with E-state index in [1.807, 2.05) is 0 Å². The van der Waals surface area contributed by atoms with Crippen molar-refractivity contribution in [3.05, 3.63) is 0 Å². The van der Waals surface area contributed by atoms with Crippen molar-refractivity contribution in [3.8, 4) is 0 Å². The molecule has 0 bridgehead atoms. The largest absolute Gasteiger partial charge is 0.412 e. The number of alkyl halides is 6. The molecule has 0 aromatic rings. The fraction of sp³-hybridized carbons (Fsp3) is 1.00. The second-order valence-corrected chi connectivity index (χ2v) is 2.64. The maximum Gasteiger partial charge on any atom is 0.412 e. The Balaban J connectivity index is 3.28. The van der Waals surface area contributed by atoms with Crippen LogP contribution in [0.1, 0.15) is 0 Å². The highest BCUT2D eigenvalue weighted by Crippen LogP contribution is 2.25. The molecule has 0 aliphatic rings. The monoisotopic (exact) mass is 230 g/mol. The Hall–Kier alpha value is -0.0700. The van der Waals surface area contributed by atoms with Gasteiger partial charge < -0.3 is 9.05 Å². The van der Waals surface area contributed by atoms with Crippen molar-refractivity contribution < 1.29 is 35.4 Å². The molecule has 0 radical (unpaired) electrons. The highest BCUT2D eigenvalue weighted by molar-refractivity contribution is 7.26. The molecule has 0 saturated heterocycles. The minimum atomic E-state index is -4.55. The first-order valence-corrected chi connectivity index (χ1v) is 3.64. The van der Waals surface area contributed by atoms with Gasteiger partial charge in [-0.2, -0.15) is 26.3 Å². The molecule has 0 amide bonds. The van der Waals surface area contributed by atoms with Gasteiger partial charge in [-0.3, -0.25) is 0 Å². The van der Waals surface area contributed by atoms with Crippen molar-refractivity contribution in [1.82, 2.24) is 0 Å². The van der Waals surface area contributed by atoms with Crippen LogP contribution in [0.3, 0.4) is 0 Å². The van der Waals surface area contributed by atoms with Crippen LogP contribution in [0, 0.1) is 0 Å². The molecule has 0 saturated carbocycles. The maximum absolute atomic E-state index is 11.3. The van der Waals surface area contributed by atoms with E-state index in [1.165, 1.54) is 0 Å². The Morgan fingerprint density at radius 2 is 1.08 bits per heavy atom. The highest BCUT2D eigenvalue weighted by Gasteiger charge is 2.29. The molecule has 2 nitrogen and oxygen atoms in total. The Morgan fingerprint density at radius 1 is 0.769 bits per heavy atom. The van der Waals surface area contributed by atoms with Crippen molar-refractivity contribution in [1.29, 1.82) is 0 Å². The molecule has 0 N–H and O–H groups in total. The fourth-order valence-corrected chi connectivity index (χ4v) is 0.793. The third-order valence-corrected chi connectivity index (χ3v) is 1.11. The summed E-state index contributed by atoms with van der Waals surface area (Å²) in [6.45, 7) is -3.22. The van der Waals surface area contributed by atoms with Gasteiger partial charge in [0.05, 0.1) is 0 Å². The lowest BCUT2D eigenvalue weighted by atomic mass is 10.7. The zero-order valence-electron chi connectivity index (χ0n) is 6.00. The van der Waals surface area contributed by atoms with E-state index >= 15 is 0 Å². The first kappa shape index (κ1) is 12.9. The van der Waals surface area contributed by atoms with Gasteiger partial charge in [0.2, 0.25) is 0 Å². The van der Waals surface area contributed by atoms with E-state index in [2.05, 4.69) is 9.05 Å². The van der Waals surface area contributed by atoms with Crippen LogP contribution in [-0.4, -0.2) is 25.6 Å². The molecule has 0 unspecified atom stereocenters. The smallest absolute Gasteiger partial charge is 0.327 e. The number of hydrogen-bond donors (Lipinski definition) is 0. The van der Waals surface area contributed by atoms with Crippen molar-refractivity contribution in [2.45, 2.75) is 12.4 Å². The fourth-order valence-electron chi connectivity index (χ4n) is 0.264. The molecule has 0 fully saturated rings. The second-order valence-electron chi connectivity index (χ2n) is 1.89. The summed E-state index contributed by atoms with van der Waals surface area (Å²) in [6.07, 6.45) is -9.09. The van der Waals surface area contributed by atoms with Gasteiger partial charge in [-0.1, -0.05) is 0 Å². The average molecular weight is 230 g/mol. The number of hydrogen-bond acceptors (Lipinski definition) is 2. The van der Waals surface area contributed by atoms with Gasteiger partial charge in [-0.05, 0) is 0 Å². The number of halogens is 6. The molecule has 0 rings (SSSR count). The van der Waals surface area contributed by atoms with Gasteiger partial charge in [-0.25, -0.2) is 0 Å². The molecule has 9 heteroatoms. The van der Waals surface area contributed by atoms with Crippen molar-refractivity contribution in [2.75, 3.05) is 13.2 Å². The molecule has 13 heavy (non-hydrogen) atoms. The summed E-state index contributed by atoms with van der Waals surface area (Å²) in [5.74, 6) is 0. The average Bonchev–Trinajstić information content (AvgIpc) is 1.81. The molecule has 0 atom stereocenters. The van der Waals surface area contributed by atoms with E-state index in [9.17, 15) is 26.3 Å². The normalized spacial score (nSPS) is 13.4. The van der Waals surface area contributed by atoms with Crippen LogP contribution in [0.15, 0.2) is 0 Å². The van der Waals surface area contributed by atoms with Crippen LogP contribution >= 0.6 is 9.03 Å². The van der Waals surface area contributed by atoms with Crippen LogP contribution in [0.5, 0.6) is 0 Å². The zero-order valence-corrected chi connectivity index (χ0v) is 7.00. The minimum Gasteiger partial charge on any atom is -0.327 e. The third-order valence-electron chi connectivity index (χ3n) is 0.590. The van der Waals surface area contributed by atoms with Crippen molar-refractivity contribution in [2.24, 2.45) is 0 Å². The Bertz CT molecular complexity index is 127. The van der Waals surface area contributed by atoms with E-state index in [4.69, 9.17) is 0 Å². The predicted octanol–water partition coefficient (Wildman–Crippen LogP) is 2.65. The molecule has 0 aromatic carbocycles. The van der Waals surface area contributed by atoms with E-state index < -0.39 is 34.6 Å². The molecular weight excluding hydrogens is 225 g/mol. The van der Waals surface area contributed by atoms with Gasteiger partial charge in [-0.15, -0.1) is 0 Å². The lowest BCUT2D eigenvalue weighted by molar-refractivity contribution is -0.160. The van der Waals surface area contributed by atoms with Crippen LogP contribution in [0.4, 0.5) is 26.3 Å². The van der Waals surface area contributed by atoms with Crippen LogP contribution < -0.4 is 0 Å². The Kier molecular flexibility index (Phi) is 4.95. The zero-order chi connectivity index (χ0) is 10.5. The van der Waals surface area contributed by atoms with Gasteiger partial charge in [0, 0.05) is 0 Å². The first-order valence-electron chi connectivity index (χ1n) is 2.83. The SMILES string of the molecule is FC(F)(F)COPOCC(F)(F)F. The van der Waals surface area contributed by atoms with Crippen molar-refractivity contribution in [3.63, 3.8) is 0 Å². The molecule has 0 heterocycles. The summed E-state index contributed by atoms with van der Waals surface area (Å²) in [6, 6.07) is 0. The van der Waals surface area contributed by atoms with Crippen LogP contribution in [0.25, 0.3) is 0 Å². The Morgan fingerprint density at radius 3 is 1.31 bits per heavy atom. The van der Waals surface area contributed by atoms with E-state index in [-0.39, 0.29) is 0 Å². The summed E-state index contributed by atoms with van der Waals surface area (Å²) in [4.78, 5) is 0. The summed E-state index contributed by atoms with van der Waals surface area (Å²) in [7, 11) is -1.26. The third kappa shape index (κ3) is 11.9. The molecule has 0 aliphatic carbocycles. The van der Waals surface area contributed by atoms with Crippen LogP contribution in [-0.2, 0) is 9.05 Å². The standard InChI is InChI=1S/C4H5F6O2P/c5-3(6,7)1-11-13-12-2-4(8,9)10/h13H,1-2H2. The molecule has 80 valence electrons. The predicted molar refractivity (Wildman–Crippen MR) is 32.3 cm³/mol. The van der Waals surface area contributed by atoms with Gasteiger partial charge in [0.1, 0.15) is 13.2 Å². The van der Waals surface area contributed by atoms with E-state index in [0.717, 1.165) is 0 Å². The van der Waals surface area contributed by atoms with E-state index in [1.54, 1.807) is 0 Å². The second kappa shape index (κ2) is 4.97. The highest BCUT2D eigenvalue weighted by atomic mass is 31.1. The molecule has 0 aliphatic heterocycles. The summed E-state index contributed by atoms with van der Waals surface area (Å²) < 4.78 is 75.5. The van der Waals surface area contributed by atoms with Gasteiger partial charge in [0.15, 0.2) is 9.03 Å². The van der Waals surface area contributed by atoms with E-state index in [0.29, 0.717) is 0 Å². The summed E-state index contributed by atoms with van der Waals surface area (Å²) in [5.41, 5.74) is 0. The van der Waals surface area contributed by atoms with Gasteiger partial charge >= 0.3 is 12.4 Å².